The van der Waals surface area contributed by atoms with Crippen LogP contribution in [0.4, 0.5) is 10.6 Å². The van der Waals surface area contributed by atoms with E-state index in [1.54, 1.807) is 26.6 Å². The molecule has 3 aromatic heterocycles. The summed E-state index contributed by atoms with van der Waals surface area (Å²) in [5.74, 6) is 3.26. The lowest BCUT2D eigenvalue weighted by molar-refractivity contribution is -0.124. The second-order valence-corrected chi connectivity index (χ2v) is 14.2. The van der Waals surface area contributed by atoms with Crippen LogP contribution in [0.1, 0.15) is 107 Å². The molecule has 3 fully saturated rings. The Morgan fingerprint density at radius 2 is 1.73 bits per heavy atom. The number of carbonyl (C=O) groups excluding carboxylic acids is 2. The molecule has 264 valence electrons. The molecule has 3 aliphatic rings. The first-order valence-corrected chi connectivity index (χ1v) is 18.1. The molecule has 49 heavy (non-hydrogen) atoms. The number of aliphatic hydroxyl groups is 1. The number of oxazole rings is 1. The van der Waals surface area contributed by atoms with Gasteiger partial charge in [0.1, 0.15) is 29.6 Å². The fraction of sp³-hybridized carbons (Fsp3) is 0.605. The van der Waals surface area contributed by atoms with Gasteiger partial charge in [-0.1, -0.05) is 6.92 Å². The molecule has 11 heteroatoms. The van der Waals surface area contributed by atoms with Crippen molar-refractivity contribution in [1.29, 1.82) is 0 Å². The van der Waals surface area contributed by atoms with Crippen molar-refractivity contribution in [1.82, 2.24) is 19.9 Å². The molecule has 0 aromatic carbocycles. The molecule has 11 nitrogen and oxygen atoms in total. The third-order valence-corrected chi connectivity index (χ3v) is 10.6. The second kappa shape index (κ2) is 15.7. The number of pyridine rings is 2. The number of aromatic nitrogens is 3. The third kappa shape index (κ3) is 8.60. The number of aliphatic hydroxyl groups excluding tert-OH is 1. The topological polar surface area (TPSA) is 131 Å². The fourth-order valence-corrected chi connectivity index (χ4v) is 7.27. The van der Waals surface area contributed by atoms with E-state index >= 15 is 0 Å². The van der Waals surface area contributed by atoms with E-state index in [4.69, 9.17) is 28.8 Å². The average molecular weight is 674 g/mol. The molecule has 3 aliphatic carbocycles. The summed E-state index contributed by atoms with van der Waals surface area (Å²) in [6.07, 6.45) is 11.5. The Balaban J connectivity index is 1.13. The van der Waals surface area contributed by atoms with Crippen LogP contribution >= 0.6 is 0 Å². The second-order valence-electron chi connectivity index (χ2n) is 14.2. The maximum atomic E-state index is 14.4. The average Bonchev–Trinajstić information content (AvgIpc) is 3.86. The standard InChI is InChI=1S/C38H51N5O6/c1-5-30(44)22-42(3)38(46)49-31-14-12-28(13-15-31)37(45)43(35-20-29(18-19-39-35)33-23-48-36(41-33)27-10-11-27)21-25-6-8-26(9-7-25)32-16-17-34(47-4)24(2)40-32/h16-20,23,25-28,30-31,44H,5-15,21-22H2,1-4H3/t25-,26-,28-,30?,31-. The van der Waals surface area contributed by atoms with Gasteiger partial charge in [-0.15, -0.1) is 0 Å². The zero-order chi connectivity index (χ0) is 34.5. The number of amides is 2. The van der Waals surface area contributed by atoms with E-state index in [9.17, 15) is 14.7 Å². The zero-order valence-electron chi connectivity index (χ0n) is 29.3. The molecule has 3 saturated carbocycles. The molecule has 1 unspecified atom stereocenters. The van der Waals surface area contributed by atoms with Gasteiger partial charge in [0.2, 0.25) is 5.91 Å². The summed E-state index contributed by atoms with van der Waals surface area (Å²) in [6.45, 7) is 4.70. The van der Waals surface area contributed by atoms with Crippen LogP contribution in [-0.4, -0.2) is 76.4 Å². The lowest BCUT2D eigenvalue weighted by Gasteiger charge is -2.35. The van der Waals surface area contributed by atoms with Crippen LogP contribution in [0.3, 0.4) is 0 Å². The molecular formula is C38H51N5O6. The Labute approximate surface area is 289 Å². The van der Waals surface area contributed by atoms with E-state index in [1.165, 1.54) is 4.90 Å². The molecular weight excluding hydrogens is 622 g/mol. The first kappa shape index (κ1) is 34.9. The lowest BCUT2D eigenvalue weighted by atomic mass is 9.79. The Morgan fingerprint density at radius 3 is 2.41 bits per heavy atom. The number of likely N-dealkylation sites (N-methyl/N-ethyl adjacent to an activating group) is 1. The number of rotatable bonds is 12. The Bertz CT molecular complexity index is 1570. The molecule has 2 amide bonds. The van der Waals surface area contributed by atoms with Gasteiger partial charge in [-0.3, -0.25) is 14.7 Å². The van der Waals surface area contributed by atoms with Crippen molar-refractivity contribution in [3.8, 4) is 17.0 Å². The van der Waals surface area contributed by atoms with Crippen molar-refractivity contribution in [2.45, 2.75) is 109 Å². The number of hydrogen-bond donors (Lipinski definition) is 1. The zero-order valence-corrected chi connectivity index (χ0v) is 29.3. The highest BCUT2D eigenvalue weighted by atomic mass is 16.6. The summed E-state index contributed by atoms with van der Waals surface area (Å²) in [4.78, 5) is 44.6. The molecule has 1 atom stereocenters. The van der Waals surface area contributed by atoms with E-state index in [0.717, 1.165) is 72.8 Å². The predicted octanol–water partition coefficient (Wildman–Crippen LogP) is 7.03. The number of carbonyl (C=O) groups is 2. The number of aryl methyl sites for hydroxylation is 1. The largest absolute Gasteiger partial charge is 0.495 e. The Kier molecular flexibility index (Phi) is 11.2. The molecule has 0 radical (unpaired) electrons. The summed E-state index contributed by atoms with van der Waals surface area (Å²) in [5.41, 5.74) is 3.67. The molecule has 1 N–H and O–H groups in total. The molecule has 0 spiro atoms. The number of methoxy groups -OCH3 is 1. The highest BCUT2D eigenvalue weighted by molar-refractivity contribution is 5.94. The summed E-state index contributed by atoms with van der Waals surface area (Å²) < 4.78 is 16.9. The van der Waals surface area contributed by atoms with Crippen LogP contribution in [-0.2, 0) is 9.53 Å². The van der Waals surface area contributed by atoms with Crippen LogP contribution in [0.2, 0.25) is 0 Å². The minimum atomic E-state index is -0.577. The monoisotopic (exact) mass is 673 g/mol. The molecule has 6 rings (SSSR count). The van der Waals surface area contributed by atoms with Crippen molar-refractivity contribution >= 4 is 17.8 Å². The van der Waals surface area contributed by atoms with Crippen molar-refractivity contribution in [2.75, 3.05) is 32.1 Å². The van der Waals surface area contributed by atoms with Crippen molar-refractivity contribution in [3.63, 3.8) is 0 Å². The quantitative estimate of drug-likeness (QED) is 0.215. The molecule has 3 heterocycles. The number of hydrogen-bond acceptors (Lipinski definition) is 9. The van der Waals surface area contributed by atoms with E-state index in [0.29, 0.717) is 62.2 Å². The van der Waals surface area contributed by atoms with Crippen LogP contribution in [0, 0.1) is 18.8 Å². The maximum Gasteiger partial charge on any atom is 0.409 e. The summed E-state index contributed by atoms with van der Waals surface area (Å²) in [6, 6.07) is 7.98. The summed E-state index contributed by atoms with van der Waals surface area (Å²) in [5, 5.41) is 9.93. The predicted molar refractivity (Wildman–Crippen MR) is 185 cm³/mol. The summed E-state index contributed by atoms with van der Waals surface area (Å²) in [7, 11) is 3.31. The summed E-state index contributed by atoms with van der Waals surface area (Å²) >= 11 is 0. The number of anilines is 1. The van der Waals surface area contributed by atoms with Gasteiger partial charge in [0.25, 0.3) is 0 Å². The van der Waals surface area contributed by atoms with Crippen molar-refractivity contribution in [3.05, 3.63) is 54.0 Å². The van der Waals surface area contributed by atoms with E-state index in [2.05, 4.69) is 6.07 Å². The van der Waals surface area contributed by atoms with Gasteiger partial charge < -0.3 is 23.9 Å². The normalized spacial score (nSPS) is 23.0. The van der Waals surface area contributed by atoms with Crippen LogP contribution in [0.25, 0.3) is 11.3 Å². The highest BCUT2D eigenvalue weighted by Gasteiger charge is 2.35. The van der Waals surface area contributed by atoms with Crippen LogP contribution in [0.5, 0.6) is 5.75 Å². The minimum absolute atomic E-state index is 0.0750. The van der Waals surface area contributed by atoms with Crippen molar-refractivity contribution in [2.24, 2.45) is 11.8 Å². The third-order valence-electron chi connectivity index (χ3n) is 10.6. The molecule has 0 bridgehead atoms. The van der Waals surface area contributed by atoms with Gasteiger partial charge >= 0.3 is 6.09 Å². The van der Waals surface area contributed by atoms with Gasteiger partial charge in [-0.25, -0.2) is 14.8 Å². The van der Waals surface area contributed by atoms with E-state index in [1.807, 2.05) is 36.9 Å². The molecule has 0 aliphatic heterocycles. The molecule has 3 aromatic rings. The van der Waals surface area contributed by atoms with Gasteiger partial charge in [0.05, 0.1) is 18.9 Å². The first-order chi connectivity index (χ1) is 23.7. The van der Waals surface area contributed by atoms with E-state index < -0.39 is 12.2 Å². The van der Waals surface area contributed by atoms with Gasteiger partial charge in [0, 0.05) is 55.3 Å². The number of nitrogens with zero attached hydrogens (tertiary/aromatic N) is 5. The smallest absolute Gasteiger partial charge is 0.409 e. The van der Waals surface area contributed by atoms with Crippen LogP contribution < -0.4 is 9.64 Å². The minimum Gasteiger partial charge on any atom is -0.495 e. The Morgan fingerprint density at radius 1 is 1.00 bits per heavy atom. The van der Waals surface area contributed by atoms with Gasteiger partial charge in [-0.2, -0.15) is 0 Å². The molecule has 0 saturated heterocycles. The fourth-order valence-electron chi connectivity index (χ4n) is 7.27. The SMILES string of the molecule is CCC(O)CN(C)C(=O)O[C@H]1CC[C@H](C(=O)N(C[C@H]2CC[C@H](c3ccc(OC)c(C)n3)CC2)c2cc(-c3coc(C4CC4)n3)ccn2)CC1. The van der Waals surface area contributed by atoms with Gasteiger partial charge in [-0.05, 0) is 108 Å². The number of ether oxygens (including phenoxy) is 2. The maximum absolute atomic E-state index is 14.4. The first-order valence-electron chi connectivity index (χ1n) is 18.1. The van der Waals surface area contributed by atoms with Crippen LogP contribution in [0.15, 0.2) is 41.1 Å². The highest BCUT2D eigenvalue weighted by Crippen LogP contribution is 2.41. The Hall–Kier alpha value is -3.99. The van der Waals surface area contributed by atoms with Crippen molar-refractivity contribution < 1.29 is 28.6 Å². The van der Waals surface area contributed by atoms with Gasteiger partial charge in [0.15, 0.2) is 5.89 Å². The van der Waals surface area contributed by atoms with E-state index in [-0.39, 0.29) is 24.5 Å². The lowest BCUT2D eigenvalue weighted by Crippen LogP contribution is -2.43.